The van der Waals surface area contributed by atoms with Crippen molar-refractivity contribution in [2.24, 2.45) is 22.7 Å². The van der Waals surface area contributed by atoms with Crippen molar-refractivity contribution < 1.29 is 9.47 Å². The molecular weight excluding hydrogens is 236 g/mol. The highest BCUT2D eigenvalue weighted by atomic mass is 16.7. The fourth-order valence-electron chi connectivity index (χ4n) is 5.21. The number of ether oxygens (including phenoxy) is 2. The molecule has 2 saturated carbocycles. The van der Waals surface area contributed by atoms with Crippen LogP contribution in [0.2, 0.25) is 0 Å². The summed E-state index contributed by atoms with van der Waals surface area (Å²) in [4.78, 5) is 0. The van der Waals surface area contributed by atoms with Crippen LogP contribution in [0.1, 0.15) is 52.9 Å². The van der Waals surface area contributed by atoms with Crippen LogP contribution in [0.4, 0.5) is 0 Å². The van der Waals surface area contributed by atoms with Gasteiger partial charge in [0.05, 0.1) is 13.2 Å². The molecule has 0 amide bonds. The Morgan fingerprint density at radius 1 is 1.11 bits per heavy atom. The van der Waals surface area contributed by atoms with Gasteiger partial charge in [0.1, 0.15) is 0 Å². The van der Waals surface area contributed by atoms with Gasteiger partial charge in [0.2, 0.25) is 0 Å². The monoisotopic (exact) mass is 264 g/mol. The van der Waals surface area contributed by atoms with Crippen molar-refractivity contribution in [2.45, 2.75) is 58.7 Å². The van der Waals surface area contributed by atoms with Gasteiger partial charge >= 0.3 is 0 Å². The van der Waals surface area contributed by atoms with Gasteiger partial charge in [-0.15, -0.1) is 6.58 Å². The van der Waals surface area contributed by atoms with Crippen LogP contribution in [0.5, 0.6) is 0 Å². The summed E-state index contributed by atoms with van der Waals surface area (Å²) in [6.45, 7) is 12.9. The minimum absolute atomic E-state index is 0.150. The number of rotatable bonds is 1. The second kappa shape index (κ2) is 4.33. The molecule has 2 aliphatic carbocycles. The fraction of sp³-hybridized carbons (Fsp3) is 0.882. The summed E-state index contributed by atoms with van der Waals surface area (Å²) in [7, 11) is 0. The molecule has 19 heavy (non-hydrogen) atoms. The molecule has 0 aromatic rings. The van der Waals surface area contributed by atoms with Gasteiger partial charge in [-0.1, -0.05) is 26.8 Å². The maximum absolute atomic E-state index is 6.17. The van der Waals surface area contributed by atoms with Crippen LogP contribution in [0.25, 0.3) is 0 Å². The first-order valence-electron chi connectivity index (χ1n) is 7.90. The molecule has 1 saturated heterocycles. The molecule has 0 aromatic carbocycles. The molecule has 108 valence electrons. The first-order valence-corrected chi connectivity index (χ1v) is 7.90. The fourth-order valence-corrected chi connectivity index (χ4v) is 5.21. The van der Waals surface area contributed by atoms with Crippen LogP contribution in [-0.4, -0.2) is 19.0 Å². The van der Waals surface area contributed by atoms with E-state index in [-0.39, 0.29) is 16.6 Å². The molecule has 3 aliphatic rings. The normalized spacial score (nSPS) is 49.0. The highest BCUT2D eigenvalue weighted by Crippen LogP contribution is 2.65. The summed E-state index contributed by atoms with van der Waals surface area (Å²) in [6, 6.07) is 0. The van der Waals surface area contributed by atoms with Crippen molar-refractivity contribution in [2.75, 3.05) is 13.2 Å². The molecule has 0 unspecified atom stereocenters. The minimum Gasteiger partial charge on any atom is -0.347 e. The summed E-state index contributed by atoms with van der Waals surface area (Å²) >= 11 is 0. The Morgan fingerprint density at radius 2 is 1.79 bits per heavy atom. The molecule has 3 rings (SSSR count). The van der Waals surface area contributed by atoms with E-state index in [9.17, 15) is 0 Å². The highest BCUT2D eigenvalue weighted by molar-refractivity contribution is 5.13. The van der Waals surface area contributed by atoms with Crippen LogP contribution in [0.3, 0.4) is 0 Å². The molecule has 1 heterocycles. The Hall–Kier alpha value is -0.340. The quantitative estimate of drug-likeness (QED) is 0.662. The second-order valence-electron chi connectivity index (χ2n) is 7.32. The third-order valence-electron chi connectivity index (χ3n) is 6.74. The lowest BCUT2D eigenvalue weighted by Gasteiger charge is -2.62. The van der Waals surface area contributed by atoms with E-state index >= 15 is 0 Å². The summed E-state index contributed by atoms with van der Waals surface area (Å²) in [5.74, 6) is 1.04. The average molecular weight is 264 g/mol. The van der Waals surface area contributed by atoms with Crippen LogP contribution >= 0.6 is 0 Å². The van der Waals surface area contributed by atoms with Crippen LogP contribution in [0, 0.1) is 22.7 Å². The van der Waals surface area contributed by atoms with Gasteiger partial charge in [-0.3, -0.25) is 0 Å². The van der Waals surface area contributed by atoms with E-state index in [4.69, 9.17) is 9.47 Å². The number of hydrogen-bond donors (Lipinski definition) is 0. The maximum atomic E-state index is 6.17. The van der Waals surface area contributed by atoms with Gasteiger partial charge in [0.15, 0.2) is 5.79 Å². The topological polar surface area (TPSA) is 18.5 Å². The zero-order chi connectivity index (χ0) is 13.7. The predicted octanol–water partition coefficient (Wildman–Crippen LogP) is 4.16. The molecule has 2 nitrogen and oxygen atoms in total. The van der Waals surface area contributed by atoms with Gasteiger partial charge in [-0.25, -0.2) is 0 Å². The number of fused-ring (bicyclic) bond motifs is 2. The molecule has 0 bridgehead atoms. The Labute approximate surface area is 117 Å². The van der Waals surface area contributed by atoms with E-state index in [1.807, 2.05) is 0 Å². The molecule has 1 spiro atoms. The third kappa shape index (κ3) is 1.62. The van der Waals surface area contributed by atoms with Crippen molar-refractivity contribution in [3.05, 3.63) is 12.7 Å². The summed E-state index contributed by atoms with van der Waals surface area (Å²) in [5.41, 5.74) is 0.368. The Balaban J connectivity index is 2.03. The first-order chi connectivity index (χ1) is 8.98. The number of allylic oxidation sites excluding steroid dienone is 1. The summed E-state index contributed by atoms with van der Waals surface area (Å²) in [6.07, 6.45) is 8.27. The van der Waals surface area contributed by atoms with E-state index in [2.05, 4.69) is 33.4 Å². The van der Waals surface area contributed by atoms with Gasteiger partial charge < -0.3 is 9.47 Å². The van der Waals surface area contributed by atoms with Crippen molar-refractivity contribution in [3.63, 3.8) is 0 Å². The molecule has 2 heteroatoms. The van der Waals surface area contributed by atoms with Gasteiger partial charge in [-0.05, 0) is 42.9 Å². The lowest BCUT2D eigenvalue weighted by molar-refractivity contribution is -0.292. The van der Waals surface area contributed by atoms with Crippen molar-refractivity contribution in [3.8, 4) is 0 Å². The van der Waals surface area contributed by atoms with Gasteiger partial charge in [-0.2, -0.15) is 0 Å². The zero-order valence-corrected chi connectivity index (χ0v) is 12.7. The maximum Gasteiger partial charge on any atom is 0.174 e. The smallest absolute Gasteiger partial charge is 0.174 e. The standard InChI is InChI=1S/C17H28O2/c1-5-15(3)13(2)8-10-16(4)14(15)7-6-9-17(16)18-11-12-19-17/h5,13-14H,1,6-12H2,2-4H3/t13-,14-,15+,16+/m0/s1. The highest BCUT2D eigenvalue weighted by Gasteiger charge is 2.64. The van der Waals surface area contributed by atoms with Gasteiger partial charge in [0.25, 0.3) is 0 Å². The molecule has 1 aliphatic heterocycles. The van der Waals surface area contributed by atoms with E-state index in [1.165, 1.54) is 25.7 Å². The number of hydrogen-bond acceptors (Lipinski definition) is 2. The minimum atomic E-state index is -0.305. The molecule has 0 N–H and O–H groups in total. The van der Waals surface area contributed by atoms with Crippen LogP contribution in [0.15, 0.2) is 12.7 Å². The third-order valence-corrected chi connectivity index (χ3v) is 6.74. The molecular formula is C17H28O2. The molecule has 4 atom stereocenters. The van der Waals surface area contributed by atoms with Crippen molar-refractivity contribution in [1.29, 1.82) is 0 Å². The van der Waals surface area contributed by atoms with Crippen molar-refractivity contribution in [1.82, 2.24) is 0 Å². The van der Waals surface area contributed by atoms with Crippen molar-refractivity contribution >= 4 is 0 Å². The lowest BCUT2D eigenvalue weighted by Crippen LogP contribution is -2.61. The van der Waals surface area contributed by atoms with Crippen LogP contribution in [-0.2, 0) is 9.47 Å². The average Bonchev–Trinajstić information content (AvgIpc) is 2.87. The second-order valence-corrected chi connectivity index (χ2v) is 7.32. The lowest BCUT2D eigenvalue weighted by atomic mass is 9.46. The molecule has 0 radical (unpaired) electrons. The Bertz CT molecular complexity index is 371. The van der Waals surface area contributed by atoms with Crippen LogP contribution < -0.4 is 0 Å². The predicted molar refractivity (Wildman–Crippen MR) is 76.8 cm³/mol. The van der Waals surface area contributed by atoms with E-state index in [1.54, 1.807) is 0 Å². The largest absolute Gasteiger partial charge is 0.347 e. The van der Waals surface area contributed by atoms with Gasteiger partial charge in [0, 0.05) is 11.8 Å². The summed E-state index contributed by atoms with van der Waals surface area (Å²) in [5, 5.41) is 0. The zero-order valence-electron chi connectivity index (χ0n) is 12.7. The Kier molecular flexibility index (Phi) is 3.10. The van der Waals surface area contributed by atoms with E-state index in [0.29, 0.717) is 11.8 Å². The molecule has 0 aromatic heterocycles. The SMILES string of the molecule is C=C[C@]1(C)[C@@H](C)CC[C@]2(C)[C@H]1CCCC21OCCO1. The Morgan fingerprint density at radius 3 is 2.42 bits per heavy atom. The van der Waals surface area contributed by atoms with E-state index in [0.717, 1.165) is 19.6 Å². The van der Waals surface area contributed by atoms with E-state index < -0.39 is 0 Å². The summed E-state index contributed by atoms with van der Waals surface area (Å²) < 4.78 is 12.3. The molecule has 3 fully saturated rings. The first kappa shape index (κ1) is 13.6.